The van der Waals surface area contributed by atoms with E-state index in [0.29, 0.717) is 23.9 Å². The van der Waals surface area contributed by atoms with Gasteiger partial charge in [0.05, 0.1) is 5.92 Å². The third-order valence-corrected chi connectivity index (χ3v) is 4.74. The Bertz CT molecular complexity index is 619. The van der Waals surface area contributed by atoms with E-state index in [1.165, 1.54) is 0 Å². The summed E-state index contributed by atoms with van der Waals surface area (Å²) in [6.07, 6.45) is 0.0497. The van der Waals surface area contributed by atoms with Gasteiger partial charge >= 0.3 is 5.97 Å². The van der Waals surface area contributed by atoms with E-state index in [0.717, 1.165) is 25.2 Å². The molecule has 1 saturated heterocycles. The Morgan fingerprint density at radius 3 is 2.72 bits per heavy atom. The lowest BCUT2D eigenvalue weighted by atomic mass is 10.1. The van der Waals surface area contributed by atoms with Crippen molar-refractivity contribution in [2.75, 3.05) is 32.8 Å². The Morgan fingerprint density at radius 2 is 2.12 bits per heavy atom. The number of carboxylic acid groups (broad SMARTS) is 1. The minimum Gasteiger partial charge on any atom is -0.492 e. The molecule has 0 bridgehead atoms. The normalized spacial score (nSPS) is 17.4. The predicted molar refractivity (Wildman–Crippen MR) is 95.9 cm³/mol. The van der Waals surface area contributed by atoms with Crippen molar-refractivity contribution in [2.24, 2.45) is 5.92 Å². The van der Waals surface area contributed by atoms with E-state index in [4.69, 9.17) is 21.4 Å². The number of likely N-dealkylation sites (N-methyl/N-ethyl adjacent to an activating group) is 1. The van der Waals surface area contributed by atoms with Gasteiger partial charge in [-0.1, -0.05) is 25.4 Å². The Labute approximate surface area is 153 Å². The maximum atomic E-state index is 12.1. The first kappa shape index (κ1) is 19.5. The Morgan fingerprint density at radius 1 is 1.40 bits per heavy atom. The lowest BCUT2D eigenvalue weighted by Gasteiger charge is -2.21. The topological polar surface area (TPSA) is 70.1 Å². The van der Waals surface area contributed by atoms with Crippen LogP contribution >= 0.6 is 11.6 Å². The highest BCUT2D eigenvalue weighted by Crippen LogP contribution is 2.27. The lowest BCUT2D eigenvalue weighted by molar-refractivity contribution is -0.141. The smallest absolute Gasteiger partial charge is 0.308 e. The van der Waals surface area contributed by atoms with Crippen molar-refractivity contribution in [1.82, 2.24) is 9.80 Å². The van der Waals surface area contributed by atoms with Crippen LogP contribution in [0.1, 0.15) is 25.8 Å². The summed E-state index contributed by atoms with van der Waals surface area (Å²) >= 11 is 6.09. The molecule has 1 unspecified atom stereocenters. The van der Waals surface area contributed by atoms with E-state index < -0.39 is 11.9 Å². The van der Waals surface area contributed by atoms with Crippen LogP contribution in [0.15, 0.2) is 18.2 Å². The van der Waals surface area contributed by atoms with Crippen molar-refractivity contribution < 1.29 is 19.4 Å². The van der Waals surface area contributed by atoms with Gasteiger partial charge in [-0.25, -0.2) is 0 Å². The van der Waals surface area contributed by atoms with E-state index in [2.05, 4.69) is 18.7 Å². The van der Waals surface area contributed by atoms with Crippen molar-refractivity contribution in [3.63, 3.8) is 0 Å². The zero-order valence-corrected chi connectivity index (χ0v) is 15.5. The van der Waals surface area contributed by atoms with E-state index in [1.54, 1.807) is 23.1 Å². The summed E-state index contributed by atoms with van der Waals surface area (Å²) in [5.41, 5.74) is 0.798. The molecule has 25 heavy (non-hydrogen) atoms. The molecule has 2 rings (SSSR count). The molecule has 1 aromatic carbocycles. The zero-order chi connectivity index (χ0) is 18.4. The van der Waals surface area contributed by atoms with Crippen LogP contribution in [-0.2, 0) is 16.1 Å². The number of hydrogen-bond acceptors (Lipinski definition) is 4. The van der Waals surface area contributed by atoms with Gasteiger partial charge in [-0.2, -0.15) is 0 Å². The molecule has 138 valence electrons. The molecule has 1 aliphatic heterocycles. The van der Waals surface area contributed by atoms with E-state index >= 15 is 0 Å². The number of carboxylic acids is 1. The Balaban J connectivity index is 2.03. The van der Waals surface area contributed by atoms with Gasteiger partial charge in [0.2, 0.25) is 5.91 Å². The average molecular weight is 369 g/mol. The van der Waals surface area contributed by atoms with Gasteiger partial charge in [-0.05, 0) is 31.3 Å². The van der Waals surface area contributed by atoms with Gasteiger partial charge < -0.3 is 19.6 Å². The predicted octanol–water partition coefficient (Wildman–Crippen LogP) is 2.49. The van der Waals surface area contributed by atoms with Crippen molar-refractivity contribution in [3.05, 3.63) is 28.8 Å². The van der Waals surface area contributed by atoms with Crippen LogP contribution in [0.25, 0.3) is 0 Å². The first-order chi connectivity index (χ1) is 11.9. The summed E-state index contributed by atoms with van der Waals surface area (Å²) in [6.45, 7) is 8.03. The molecular weight excluding hydrogens is 344 g/mol. The highest BCUT2D eigenvalue weighted by Gasteiger charge is 2.34. The fourth-order valence-corrected chi connectivity index (χ4v) is 3.13. The van der Waals surface area contributed by atoms with Crippen LogP contribution in [0.4, 0.5) is 0 Å². The SMILES string of the molecule is CCN(CC)CCOc1ccc(Cl)cc1CN1CC(C(=O)O)CC1=O. The molecule has 1 aromatic rings. The summed E-state index contributed by atoms with van der Waals surface area (Å²) in [7, 11) is 0. The molecular formula is C18H25ClN2O4. The molecule has 0 saturated carbocycles. The Hall–Kier alpha value is -1.79. The first-order valence-electron chi connectivity index (χ1n) is 8.58. The number of carbonyl (C=O) groups is 2. The number of benzene rings is 1. The molecule has 7 heteroatoms. The van der Waals surface area contributed by atoms with Crippen LogP contribution in [0.2, 0.25) is 5.02 Å². The van der Waals surface area contributed by atoms with E-state index in [-0.39, 0.29) is 18.9 Å². The molecule has 1 heterocycles. The van der Waals surface area contributed by atoms with Crippen LogP contribution in [0.3, 0.4) is 0 Å². The number of amides is 1. The van der Waals surface area contributed by atoms with Gasteiger partial charge in [0.15, 0.2) is 0 Å². The summed E-state index contributed by atoms with van der Waals surface area (Å²) in [5.74, 6) is -1.04. The van der Waals surface area contributed by atoms with Gasteiger partial charge in [0.25, 0.3) is 0 Å². The van der Waals surface area contributed by atoms with E-state index in [1.807, 2.05) is 0 Å². The fourth-order valence-electron chi connectivity index (χ4n) is 2.93. The van der Waals surface area contributed by atoms with Crippen molar-refractivity contribution in [1.29, 1.82) is 0 Å². The molecule has 1 amide bonds. The maximum Gasteiger partial charge on any atom is 0.308 e. The van der Waals surface area contributed by atoms with Crippen LogP contribution in [0, 0.1) is 5.92 Å². The van der Waals surface area contributed by atoms with Crippen LogP contribution in [0.5, 0.6) is 5.75 Å². The van der Waals surface area contributed by atoms with Gasteiger partial charge in [0, 0.05) is 36.6 Å². The molecule has 1 fully saturated rings. The van der Waals surface area contributed by atoms with Crippen molar-refractivity contribution in [3.8, 4) is 5.75 Å². The minimum atomic E-state index is -0.933. The summed E-state index contributed by atoms with van der Waals surface area (Å²) in [4.78, 5) is 27.0. The number of likely N-dealkylation sites (tertiary alicyclic amines) is 1. The third-order valence-electron chi connectivity index (χ3n) is 4.51. The molecule has 6 nitrogen and oxygen atoms in total. The molecule has 1 atom stereocenters. The molecule has 0 aromatic heterocycles. The molecule has 1 N–H and O–H groups in total. The zero-order valence-electron chi connectivity index (χ0n) is 14.7. The van der Waals surface area contributed by atoms with Crippen LogP contribution in [-0.4, -0.2) is 59.6 Å². The lowest BCUT2D eigenvalue weighted by Crippen LogP contribution is -2.28. The van der Waals surface area contributed by atoms with E-state index in [9.17, 15) is 9.59 Å². The number of halogens is 1. The Kier molecular flexibility index (Phi) is 7.08. The molecule has 0 spiro atoms. The number of rotatable bonds is 9. The molecule has 0 aliphatic carbocycles. The number of carbonyl (C=O) groups excluding carboxylic acids is 1. The monoisotopic (exact) mass is 368 g/mol. The van der Waals surface area contributed by atoms with Gasteiger partial charge in [0.1, 0.15) is 12.4 Å². The van der Waals surface area contributed by atoms with Crippen LogP contribution < -0.4 is 4.74 Å². The summed E-state index contributed by atoms with van der Waals surface area (Å²) in [6, 6.07) is 5.33. The molecule has 1 aliphatic rings. The van der Waals surface area contributed by atoms with Crippen molar-refractivity contribution in [2.45, 2.75) is 26.8 Å². The minimum absolute atomic E-state index is 0.0497. The summed E-state index contributed by atoms with van der Waals surface area (Å²) in [5, 5.41) is 9.66. The quantitative estimate of drug-likeness (QED) is 0.725. The van der Waals surface area contributed by atoms with Gasteiger partial charge in [-0.15, -0.1) is 0 Å². The number of ether oxygens (including phenoxy) is 1. The second kappa shape index (κ2) is 9.06. The van der Waals surface area contributed by atoms with Crippen molar-refractivity contribution >= 4 is 23.5 Å². The second-order valence-corrected chi connectivity index (χ2v) is 6.58. The first-order valence-corrected chi connectivity index (χ1v) is 8.96. The average Bonchev–Trinajstić information content (AvgIpc) is 2.94. The second-order valence-electron chi connectivity index (χ2n) is 6.14. The number of aliphatic carboxylic acids is 1. The number of nitrogens with zero attached hydrogens (tertiary/aromatic N) is 2. The van der Waals surface area contributed by atoms with Gasteiger partial charge in [-0.3, -0.25) is 9.59 Å². The fraction of sp³-hybridized carbons (Fsp3) is 0.556. The number of hydrogen-bond donors (Lipinski definition) is 1. The molecule has 0 radical (unpaired) electrons. The standard InChI is InChI=1S/C18H25ClN2O4/c1-3-20(4-2)7-8-25-16-6-5-15(19)9-13(16)11-21-12-14(18(23)24)10-17(21)22/h5-6,9,14H,3-4,7-8,10-12H2,1-2H3,(H,23,24). The highest BCUT2D eigenvalue weighted by atomic mass is 35.5. The largest absolute Gasteiger partial charge is 0.492 e. The maximum absolute atomic E-state index is 12.1. The highest BCUT2D eigenvalue weighted by molar-refractivity contribution is 6.30. The third kappa shape index (κ3) is 5.34. The summed E-state index contributed by atoms with van der Waals surface area (Å²) < 4.78 is 5.89.